The van der Waals surface area contributed by atoms with Crippen LogP contribution >= 0.6 is 11.6 Å². The van der Waals surface area contributed by atoms with Crippen LogP contribution in [-0.4, -0.2) is 33.3 Å². The van der Waals surface area contributed by atoms with E-state index in [1.165, 1.54) is 22.5 Å². The van der Waals surface area contributed by atoms with Crippen LogP contribution in [0, 0.1) is 0 Å². The highest BCUT2D eigenvalue weighted by atomic mass is 35.5. The molecule has 1 aromatic carbocycles. The van der Waals surface area contributed by atoms with Gasteiger partial charge in [0, 0.05) is 47.9 Å². The summed E-state index contributed by atoms with van der Waals surface area (Å²) in [6, 6.07) is 5.12. The van der Waals surface area contributed by atoms with E-state index < -0.39 is 0 Å². The fourth-order valence-electron chi connectivity index (χ4n) is 3.14. The summed E-state index contributed by atoms with van der Waals surface area (Å²) in [4.78, 5) is 2.42. The largest absolute Gasteiger partial charge is 0.507 e. The van der Waals surface area contributed by atoms with E-state index in [-0.39, 0.29) is 5.75 Å². The maximum Gasteiger partial charge on any atom is 0.122 e. The maximum absolute atomic E-state index is 9.93. The molecule has 0 saturated heterocycles. The zero-order valence-corrected chi connectivity index (χ0v) is 14.3. The Morgan fingerprint density at radius 2 is 2.30 bits per heavy atom. The van der Waals surface area contributed by atoms with Crippen molar-refractivity contribution < 1.29 is 5.11 Å². The van der Waals surface area contributed by atoms with Crippen molar-refractivity contribution in [2.75, 3.05) is 13.1 Å². The van der Waals surface area contributed by atoms with Crippen LogP contribution in [0.15, 0.2) is 23.8 Å². The molecule has 0 saturated carbocycles. The molecule has 1 aromatic heterocycles. The number of nitrogens with zero attached hydrogens (tertiary/aromatic N) is 2. The number of aromatic hydroxyl groups is 1. The first-order valence-corrected chi connectivity index (χ1v) is 8.37. The standard InChI is InChI=1S/C18H22ClN3O/c1-3-16-15-11-22(7-6-17(15)21-20-16)10-12(2)8-13-9-14(19)4-5-18(13)23/h4-5,8-9,23H,3,6-7,10-11H2,1-2H3,(H,20,21)/b12-8+. The fourth-order valence-corrected chi connectivity index (χ4v) is 3.32. The highest BCUT2D eigenvalue weighted by molar-refractivity contribution is 6.30. The maximum atomic E-state index is 9.93. The van der Waals surface area contributed by atoms with Gasteiger partial charge in [-0.3, -0.25) is 10.00 Å². The van der Waals surface area contributed by atoms with Crippen molar-refractivity contribution in [1.29, 1.82) is 0 Å². The third-order valence-electron chi connectivity index (χ3n) is 4.30. The number of fused-ring (bicyclic) bond motifs is 1. The van der Waals surface area contributed by atoms with Gasteiger partial charge in [0.05, 0.1) is 5.69 Å². The van der Waals surface area contributed by atoms with Crippen LogP contribution in [-0.2, 0) is 19.4 Å². The van der Waals surface area contributed by atoms with Crippen molar-refractivity contribution in [2.45, 2.75) is 33.2 Å². The first kappa shape index (κ1) is 16.1. The van der Waals surface area contributed by atoms with Gasteiger partial charge in [-0.2, -0.15) is 5.10 Å². The van der Waals surface area contributed by atoms with Gasteiger partial charge in [-0.15, -0.1) is 0 Å². The van der Waals surface area contributed by atoms with Crippen molar-refractivity contribution in [2.24, 2.45) is 0 Å². The van der Waals surface area contributed by atoms with Crippen molar-refractivity contribution >= 4 is 17.7 Å². The highest BCUT2D eigenvalue weighted by Gasteiger charge is 2.21. The van der Waals surface area contributed by atoms with Gasteiger partial charge in [-0.1, -0.05) is 30.2 Å². The lowest BCUT2D eigenvalue weighted by Crippen LogP contribution is -2.31. The number of aromatic nitrogens is 2. The van der Waals surface area contributed by atoms with Crippen molar-refractivity contribution in [1.82, 2.24) is 15.1 Å². The third-order valence-corrected chi connectivity index (χ3v) is 4.53. The van der Waals surface area contributed by atoms with Gasteiger partial charge in [-0.25, -0.2) is 0 Å². The Morgan fingerprint density at radius 1 is 1.48 bits per heavy atom. The number of phenols is 1. The number of nitrogens with one attached hydrogen (secondary N) is 1. The van der Waals surface area contributed by atoms with Crippen LogP contribution in [0.25, 0.3) is 6.08 Å². The topological polar surface area (TPSA) is 52.2 Å². The molecule has 2 heterocycles. The molecule has 3 rings (SSSR count). The molecule has 0 spiro atoms. The van der Waals surface area contributed by atoms with Gasteiger partial charge < -0.3 is 5.11 Å². The molecule has 23 heavy (non-hydrogen) atoms. The minimum atomic E-state index is 0.262. The Kier molecular flexibility index (Phi) is 4.74. The first-order valence-electron chi connectivity index (χ1n) is 8.00. The van der Waals surface area contributed by atoms with E-state index in [9.17, 15) is 5.11 Å². The quantitative estimate of drug-likeness (QED) is 0.896. The van der Waals surface area contributed by atoms with Crippen LogP contribution in [0.5, 0.6) is 5.75 Å². The molecule has 122 valence electrons. The van der Waals surface area contributed by atoms with Gasteiger partial charge in [0.15, 0.2) is 0 Å². The van der Waals surface area contributed by atoms with Crippen LogP contribution < -0.4 is 0 Å². The first-order chi connectivity index (χ1) is 11.1. The number of aryl methyl sites for hydroxylation is 1. The number of benzene rings is 1. The molecule has 2 N–H and O–H groups in total. The summed E-state index contributed by atoms with van der Waals surface area (Å²) in [6.07, 6.45) is 3.98. The van der Waals surface area contributed by atoms with E-state index in [0.717, 1.165) is 38.0 Å². The Bertz CT molecular complexity index is 722. The lowest BCUT2D eigenvalue weighted by Gasteiger charge is -2.27. The van der Waals surface area contributed by atoms with E-state index in [2.05, 4.69) is 28.9 Å². The number of aromatic amines is 1. The molecule has 2 aromatic rings. The monoisotopic (exact) mass is 331 g/mol. The number of H-pyrrole nitrogens is 1. The van der Waals surface area contributed by atoms with E-state index in [1.54, 1.807) is 18.2 Å². The second-order valence-electron chi connectivity index (χ2n) is 6.14. The number of phenolic OH excluding ortho intramolecular Hbond substituents is 1. The molecule has 5 heteroatoms. The molecule has 0 atom stereocenters. The van der Waals surface area contributed by atoms with E-state index in [4.69, 9.17) is 11.6 Å². The molecule has 0 bridgehead atoms. The Hall–Kier alpha value is -1.78. The lowest BCUT2D eigenvalue weighted by atomic mass is 10.0. The summed E-state index contributed by atoms with van der Waals surface area (Å²) in [5, 5.41) is 18.1. The molecule has 1 aliphatic rings. The van der Waals surface area contributed by atoms with Crippen LogP contribution in [0.1, 0.15) is 36.4 Å². The highest BCUT2D eigenvalue weighted by Crippen LogP contribution is 2.25. The van der Waals surface area contributed by atoms with Gasteiger partial charge in [-0.05, 0) is 31.5 Å². The Morgan fingerprint density at radius 3 is 3.09 bits per heavy atom. The smallest absolute Gasteiger partial charge is 0.122 e. The molecule has 4 nitrogen and oxygen atoms in total. The zero-order valence-electron chi connectivity index (χ0n) is 13.6. The summed E-state index contributed by atoms with van der Waals surface area (Å²) in [5.41, 5.74) is 5.79. The van der Waals surface area contributed by atoms with Gasteiger partial charge in [0.25, 0.3) is 0 Å². The average molecular weight is 332 g/mol. The summed E-state index contributed by atoms with van der Waals surface area (Å²) >= 11 is 6.01. The van der Waals surface area contributed by atoms with Gasteiger partial charge in [0.2, 0.25) is 0 Å². The number of rotatable bonds is 4. The Balaban J connectivity index is 1.72. The zero-order chi connectivity index (χ0) is 16.4. The van der Waals surface area contributed by atoms with Crippen molar-refractivity contribution in [3.8, 4) is 5.75 Å². The normalized spacial score (nSPS) is 15.7. The van der Waals surface area contributed by atoms with E-state index >= 15 is 0 Å². The van der Waals surface area contributed by atoms with Gasteiger partial charge >= 0.3 is 0 Å². The van der Waals surface area contributed by atoms with Crippen LogP contribution in [0.4, 0.5) is 0 Å². The summed E-state index contributed by atoms with van der Waals surface area (Å²) in [5.74, 6) is 0.262. The van der Waals surface area contributed by atoms with Crippen molar-refractivity contribution in [3.63, 3.8) is 0 Å². The van der Waals surface area contributed by atoms with Crippen molar-refractivity contribution in [3.05, 3.63) is 51.3 Å². The summed E-state index contributed by atoms with van der Waals surface area (Å²) in [7, 11) is 0. The SMILES string of the molecule is CCc1n[nH]c2c1CN(C/C(C)=C/c1cc(Cl)ccc1O)CC2. The molecule has 0 aliphatic carbocycles. The second kappa shape index (κ2) is 6.77. The number of hydrogen-bond donors (Lipinski definition) is 2. The summed E-state index contributed by atoms with van der Waals surface area (Å²) < 4.78 is 0. The summed E-state index contributed by atoms with van der Waals surface area (Å²) in [6.45, 7) is 7.06. The number of halogens is 1. The lowest BCUT2D eigenvalue weighted by molar-refractivity contribution is 0.274. The predicted octanol–water partition coefficient (Wildman–Crippen LogP) is 3.79. The molecule has 0 amide bonds. The Labute approximate surface area is 141 Å². The van der Waals surface area contributed by atoms with E-state index in [1.807, 2.05) is 6.08 Å². The second-order valence-corrected chi connectivity index (χ2v) is 6.57. The molecule has 0 fully saturated rings. The minimum Gasteiger partial charge on any atom is -0.507 e. The number of hydrogen-bond acceptors (Lipinski definition) is 3. The van der Waals surface area contributed by atoms with Gasteiger partial charge in [0.1, 0.15) is 5.75 Å². The molecule has 0 unspecified atom stereocenters. The van der Waals surface area contributed by atoms with Crippen LogP contribution in [0.2, 0.25) is 5.02 Å². The molecular formula is C18H22ClN3O. The fraction of sp³-hybridized carbons (Fsp3) is 0.389. The van der Waals surface area contributed by atoms with Crippen LogP contribution in [0.3, 0.4) is 0 Å². The third kappa shape index (κ3) is 3.59. The predicted molar refractivity (Wildman–Crippen MR) is 93.7 cm³/mol. The van der Waals surface area contributed by atoms with E-state index in [0.29, 0.717) is 5.02 Å². The molecule has 1 aliphatic heterocycles. The molecular weight excluding hydrogens is 310 g/mol. The molecule has 0 radical (unpaired) electrons. The minimum absolute atomic E-state index is 0.262. The average Bonchev–Trinajstić information content (AvgIpc) is 2.93.